The van der Waals surface area contributed by atoms with Crippen molar-refractivity contribution in [3.63, 3.8) is 0 Å². The van der Waals surface area contributed by atoms with Crippen LogP contribution in [-0.4, -0.2) is 52.6 Å². The number of esters is 1. The first-order valence-corrected chi connectivity index (χ1v) is 8.06. The number of amides is 1. The fourth-order valence-electron chi connectivity index (χ4n) is 1.19. The molecule has 118 valence electrons. The van der Waals surface area contributed by atoms with Crippen LogP contribution in [0.1, 0.15) is 26.7 Å². The third-order valence-electron chi connectivity index (χ3n) is 2.00. The van der Waals surface area contributed by atoms with Crippen molar-refractivity contribution in [3.05, 3.63) is 0 Å². The van der Waals surface area contributed by atoms with Crippen molar-refractivity contribution in [1.82, 2.24) is 5.32 Å². The van der Waals surface area contributed by atoms with Crippen LogP contribution < -0.4 is 5.32 Å². The monoisotopic (exact) mass is 311 g/mol. The molecule has 1 atom stereocenters. The molecule has 0 unspecified atom stereocenters. The predicted molar refractivity (Wildman–Crippen MR) is 70.6 cm³/mol. The van der Waals surface area contributed by atoms with Crippen molar-refractivity contribution in [2.45, 2.75) is 32.7 Å². The first-order chi connectivity index (χ1) is 9.30. The highest BCUT2D eigenvalue weighted by molar-refractivity contribution is 7.85. The highest BCUT2D eigenvalue weighted by Gasteiger charge is 2.23. The van der Waals surface area contributed by atoms with Gasteiger partial charge in [-0.2, -0.15) is 8.42 Å². The van der Waals surface area contributed by atoms with Gasteiger partial charge in [0.1, 0.15) is 6.04 Å². The van der Waals surface area contributed by atoms with E-state index >= 15 is 0 Å². The van der Waals surface area contributed by atoms with Gasteiger partial charge in [0.2, 0.25) is 0 Å². The van der Waals surface area contributed by atoms with Crippen LogP contribution >= 0.6 is 0 Å². The van der Waals surface area contributed by atoms with E-state index in [9.17, 15) is 18.0 Å². The molecule has 8 nitrogen and oxygen atoms in total. The predicted octanol–water partition coefficient (Wildman–Crippen LogP) is 0.421. The molecule has 0 radical (unpaired) electrons. The molecule has 0 aliphatic heterocycles. The molecule has 20 heavy (non-hydrogen) atoms. The molecule has 0 aromatic heterocycles. The molecule has 0 rings (SSSR count). The van der Waals surface area contributed by atoms with Crippen LogP contribution in [0.25, 0.3) is 0 Å². The maximum absolute atomic E-state index is 11.6. The lowest BCUT2D eigenvalue weighted by Crippen LogP contribution is -2.43. The summed E-state index contributed by atoms with van der Waals surface area (Å²) in [5.74, 6) is -0.668. The van der Waals surface area contributed by atoms with E-state index < -0.39 is 28.2 Å². The number of carbonyl (C=O) groups excluding carboxylic acids is 2. The zero-order valence-corrected chi connectivity index (χ0v) is 12.7. The zero-order valence-electron chi connectivity index (χ0n) is 11.9. The average Bonchev–Trinajstić information content (AvgIpc) is 2.34. The van der Waals surface area contributed by atoms with E-state index in [-0.39, 0.29) is 26.2 Å². The molecule has 0 heterocycles. The highest BCUT2D eigenvalue weighted by Crippen LogP contribution is 2.00. The quantitative estimate of drug-likeness (QED) is 0.485. The smallest absolute Gasteiger partial charge is 0.407 e. The van der Waals surface area contributed by atoms with Crippen LogP contribution in [0.2, 0.25) is 0 Å². The molecular formula is C11H21NO7S. The fourth-order valence-corrected chi connectivity index (χ4v) is 1.59. The second-order valence-corrected chi connectivity index (χ2v) is 5.54. The third kappa shape index (κ3) is 9.56. The van der Waals surface area contributed by atoms with Crippen LogP contribution in [0.4, 0.5) is 4.79 Å². The lowest BCUT2D eigenvalue weighted by Gasteiger charge is -2.16. The molecular weight excluding hydrogens is 290 g/mol. The second-order valence-electron chi connectivity index (χ2n) is 3.90. The molecule has 0 spiro atoms. The summed E-state index contributed by atoms with van der Waals surface area (Å²) < 4.78 is 35.7. The maximum atomic E-state index is 11.6. The zero-order chi connectivity index (χ0) is 15.6. The SMILES string of the molecule is CCCOC(=O)N[C@@H](CCOS(C)(=O)=O)C(=O)OCC. The van der Waals surface area contributed by atoms with E-state index in [4.69, 9.17) is 9.47 Å². The van der Waals surface area contributed by atoms with Gasteiger partial charge in [-0.05, 0) is 13.3 Å². The van der Waals surface area contributed by atoms with Crippen molar-refractivity contribution >= 4 is 22.2 Å². The largest absolute Gasteiger partial charge is 0.464 e. The Labute approximate surface area is 118 Å². The topological polar surface area (TPSA) is 108 Å². The second kappa shape index (κ2) is 9.54. The highest BCUT2D eigenvalue weighted by atomic mass is 32.2. The van der Waals surface area contributed by atoms with Gasteiger partial charge in [-0.1, -0.05) is 6.92 Å². The van der Waals surface area contributed by atoms with E-state index in [1.165, 1.54) is 0 Å². The Kier molecular flexibility index (Phi) is 8.89. The Morgan fingerprint density at radius 1 is 1.15 bits per heavy atom. The summed E-state index contributed by atoms with van der Waals surface area (Å²) in [6.07, 6.45) is 0.751. The van der Waals surface area contributed by atoms with Gasteiger partial charge in [-0.15, -0.1) is 0 Å². The minimum Gasteiger partial charge on any atom is -0.464 e. The van der Waals surface area contributed by atoms with Gasteiger partial charge in [-0.3, -0.25) is 4.18 Å². The van der Waals surface area contributed by atoms with E-state index in [0.29, 0.717) is 6.42 Å². The van der Waals surface area contributed by atoms with Crippen LogP contribution in [0.5, 0.6) is 0 Å². The van der Waals surface area contributed by atoms with Gasteiger partial charge in [0, 0.05) is 6.42 Å². The Morgan fingerprint density at radius 3 is 2.30 bits per heavy atom. The van der Waals surface area contributed by atoms with Gasteiger partial charge >= 0.3 is 12.1 Å². The van der Waals surface area contributed by atoms with E-state index in [1.807, 2.05) is 6.92 Å². The van der Waals surface area contributed by atoms with Gasteiger partial charge in [-0.25, -0.2) is 9.59 Å². The number of rotatable bonds is 9. The average molecular weight is 311 g/mol. The molecule has 1 amide bonds. The van der Waals surface area contributed by atoms with Crippen molar-refractivity contribution in [2.24, 2.45) is 0 Å². The first kappa shape index (κ1) is 18.7. The summed E-state index contributed by atoms with van der Waals surface area (Å²) in [4.78, 5) is 23.0. The summed E-state index contributed by atoms with van der Waals surface area (Å²) >= 11 is 0. The number of nitrogens with one attached hydrogen (secondary N) is 1. The molecule has 0 bridgehead atoms. The normalized spacial score (nSPS) is 12.6. The number of hydrogen-bond acceptors (Lipinski definition) is 7. The molecule has 0 aliphatic carbocycles. The Morgan fingerprint density at radius 2 is 1.80 bits per heavy atom. The summed E-state index contributed by atoms with van der Waals surface area (Å²) in [7, 11) is -3.60. The Balaban J connectivity index is 4.41. The minimum atomic E-state index is -3.60. The molecule has 0 fully saturated rings. The molecule has 0 aliphatic rings. The number of hydrogen-bond donors (Lipinski definition) is 1. The van der Waals surface area contributed by atoms with Crippen molar-refractivity contribution in [1.29, 1.82) is 0 Å². The molecule has 0 aromatic rings. The van der Waals surface area contributed by atoms with Crippen LogP contribution in [0, 0.1) is 0 Å². The Hall–Kier alpha value is -1.35. The van der Waals surface area contributed by atoms with Crippen molar-refractivity contribution in [2.75, 3.05) is 26.1 Å². The number of alkyl carbamates (subject to hydrolysis) is 1. The summed E-state index contributed by atoms with van der Waals surface area (Å²) in [5.41, 5.74) is 0. The summed E-state index contributed by atoms with van der Waals surface area (Å²) in [6.45, 7) is 3.58. The van der Waals surface area contributed by atoms with Gasteiger partial charge in [0.25, 0.3) is 10.1 Å². The number of carbonyl (C=O) groups is 2. The van der Waals surface area contributed by atoms with E-state index in [1.54, 1.807) is 6.92 Å². The van der Waals surface area contributed by atoms with Gasteiger partial charge < -0.3 is 14.8 Å². The maximum Gasteiger partial charge on any atom is 0.407 e. The fraction of sp³-hybridized carbons (Fsp3) is 0.818. The van der Waals surface area contributed by atoms with Crippen molar-refractivity contribution in [3.8, 4) is 0 Å². The number of ether oxygens (including phenoxy) is 2. The lowest BCUT2D eigenvalue weighted by molar-refractivity contribution is -0.145. The van der Waals surface area contributed by atoms with E-state index in [2.05, 4.69) is 9.50 Å². The van der Waals surface area contributed by atoms with Crippen LogP contribution in [0.15, 0.2) is 0 Å². The molecule has 0 saturated carbocycles. The third-order valence-corrected chi connectivity index (χ3v) is 2.60. The lowest BCUT2D eigenvalue weighted by atomic mass is 10.2. The first-order valence-electron chi connectivity index (χ1n) is 6.24. The molecule has 0 aromatic carbocycles. The summed E-state index contributed by atoms with van der Waals surface area (Å²) in [6, 6.07) is -1.01. The van der Waals surface area contributed by atoms with Crippen LogP contribution in [0.3, 0.4) is 0 Å². The van der Waals surface area contributed by atoms with Gasteiger partial charge in [0.15, 0.2) is 0 Å². The van der Waals surface area contributed by atoms with E-state index in [0.717, 1.165) is 6.26 Å². The Bertz CT molecular complexity index is 407. The molecule has 1 N–H and O–H groups in total. The molecule has 9 heteroatoms. The van der Waals surface area contributed by atoms with Crippen LogP contribution in [-0.2, 0) is 28.6 Å². The summed E-state index contributed by atoms with van der Waals surface area (Å²) in [5, 5.41) is 2.31. The minimum absolute atomic E-state index is 0.0346. The van der Waals surface area contributed by atoms with Gasteiger partial charge in [0.05, 0.1) is 26.1 Å². The molecule has 0 saturated heterocycles. The van der Waals surface area contributed by atoms with Crippen molar-refractivity contribution < 1.29 is 31.7 Å². The standard InChI is InChI=1S/C11H21NO7S/c1-4-7-18-11(14)12-9(10(13)17-5-2)6-8-19-20(3,15)16/h9H,4-8H2,1-3H3,(H,12,14)/t9-/m0/s1.